The van der Waals surface area contributed by atoms with E-state index >= 15 is 0 Å². The molecule has 0 aliphatic rings. The molecule has 1 aromatic carbocycles. The van der Waals surface area contributed by atoms with Crippen molar-refractivity contribution in [2.45, 2.75) is 6.42 Å². The minimum Gasteiger partial charge on any atom is -0.293 e. The van der Waals surface area contributed by atoms with Crippen LogP contribution in [0.1, 0.15) is 5.56 Å². The van der Waals surface area contributed by atoms with Gasteiger partial charge in [0, 0.05) is 5.69 Å². The molecule has 0 aliphatic heterocycles. The number of nitriles is 2. The Morgan fingerprint density at radius 3 is 2.33 bits per heavy atom. The van der Waals surface area contributed by atoms with Crippen molar-refractivity contribution in [3.05, 3.63) is 29.8 Å². The minimum absolute atomic E-state index is 0.410. The average molecular weight is 157 g/mol. The molecule has 3 heteroatoms. The first-order valence-electron chi connectivity index (χ1n) is 3.48. The molecule has 0 saturated carbocycles. The zero-order chi connectivity index (χ0) is 8.81. The van der Waals surface area contributed by atoms with Crippen LogP contribution in [-0.4, -0.2) is 0 Å². The van der Waals surface area contributed by atoms with Gasteiger partial charge in [-0.05, 0) is 17.7 Å². The molecule has 0 fully saturated rings. The maximum Gasteiger partial charge on any atom is 0.181 e. The minimum atomic E-state index is 0.410. The molecule has 0 aliphatic carbocycles. The number of benzene rings is 1. The molecule has 0 saturated heterocycles. The molecule has 12 heavy (non-hydrogen) atoms. The monoisotopic (exact) mass is 157 g/mol. The highest BCUT2D eigenvalue weighted by atomic mass is 14.9. The highest BCUT2D eigenvalue weighted by molar-refractivity contribution is 5.47. The van der Waals surface area contributed by atoms with Crippen LogP contribution in [0.3, 0.4) is 0 Å². The largest absolute Gasteiger partial charge is 0.293 e. The molecule has 1 aromatic rings. The summed E-state index contributed by atoms with van der Waals surface area (Å²) in [6.45, 7) is 0. The summed E-state index contributed by atoms with van der Waals surface area (Å²) < 4.78 is 0. The number of nitrogens with one attached hydrogen (secondary N) is 1. The van der Waals surface area contributed by atoms with Gasteiger partial charge in [-0.15, -0.1) is 0 Å². The van der Waals surface area contributed by atoms with Gasteiger partial charge in [0.15, 0.2) is 6.19 Å². The van der Waals surface area contributed by atoms with Crippen molar-refractivity contribution in [2.75, 3.05) is 5.32 Å². The molecule has 0 spiro atoms. The fraction of sp³-hybridized carbons (Fsp3) is 0.111. The summed E-state index contributed by atoms with van der Waals surface area (Å²) >= 11 is 0. The van der Waals surface area contributed by atoms with Crippen molar-refractivity contribution in [3.8, 4) is 12.3 Å². The lowest BCUT2D eigenvalue weighted by Gasteiger charge is -1.97. The van der Waals surface area contributed by atoms with Crippen LogP contribution in [0.2, 0.25) is 0 Å². The van der Waals surface area contributed by atoms with E-state index in [0.29, 0.717) is 6.42 Å². The zero-order valence-electron chi connectivity index (χ0n) is 6.41. The lowest BCUT2D eigenvalue weighted by molar-refractivity contribution is 1.26. The van der Waals surface area contributed by atoms with Gasteiger partial charge in [-0.1, -0.05) is 12.1 Å². The number of hydrogen-bond acceptors (Lipinski definition) is 3. The fourth-order valence-electron chi connectivity index (χ4n) is 0.862. The van der Waals surface area contributed by atoms with Gasteiger partial charge in [-0.3, -0.25) is 5.32 Å². The van der Waals surface area contributed by atoms with Gasteiger partial charge in [0.05, 0.1) is 12.5 Å². The highest BCUT2D eigenvalue weighted by Gasteiger charge is 1.91. The Labute approximate surface area is 70.9 Å². The van der Waals surface area contributed by atoms with Gasteiger partial charge in [0.1, 0.15) is 0 Å². The Kier molecular flexibility index (Phi) is 2.70. The Morgan fingerprint density at radius 2 is 1.83 bits per heavy atom. The molecule has 0 aromatic heterocycles. The smallest absolute Gasteiger partial charge is 0.181 e. The van der Waals surface area contributed by atoms with E-state index in [1.165, 1.54) is 0 Å². The number of hydrogen-bond donors (Lipinski definition) is 1. The molecule has 0 bridgehead atoms. The summed E-state index contributed by atoms with van der Waals surface area (Å²) in [5.41, 5.74) is 1.71. The summed E-state index contributed by atoms with van der Waals surface area (Å²) in [6.07, 6.45) is 2.23. The molecule has 0 heterocycles. The summed E-state index contributed by atoms with van der Waals surface area (Å²) in [5.74, 6) is 0. The number of rotatable bonds is 2. The molecule has 0 atom stereocenters. The van der Waals surface area contributed by atoms with Crippen LogP contribution >= 0.6 is 0 Å². The standard InChI is InChI=1S/C9H7N3/c10-6-5-8-1-3-9(4-2-8)12-7-11/h1-4,12H,5H2. The molecular weight excluding hydrogens is 150 g/mol. The molecule has 3 nitrogen and oxygen atoms in total. The average Bonchev–Trinajstić information content (AvgIpc) is 2.09. The van der Waals surface area contributed by atoms with Crippen molar-refractivity contribution >= 4 is 5.69 Å². The fourth-order valence-corrected chi connectivity index (χ4v) is 0.862. The third-order valence-electron chi connectivity index (χ3n) is 1.44. The normalized spacial score (nSPS) is 8.17. The Bertz CT molecular complexity index is 291. The van der Waals surface area contributed by atoms with Crippen molar-refractivity contribution in [3.63, 3.8) is 0 Å². The van der Waals surface area contributed by atoms with E-state index in [1.54, 1.807) is 12.1 Å². The number of nitrogens with zero attached hydrogens (tertiary/aromatic N) is 2. The summed E-state index contributed by atoms with van der Waals surface area (Å²) in [7, 11) is 0. The Hall–Kier alpha value is -2.00. The maximum atomic E-state index is 8.37. The van der Waals surface area contributed by atoms with Crippen LogP contribution in [0.5, 0.6) is 0 Å². The van der Waals surface area contributed by atoms with Crippen LogP contribution in [0.15, 0.2) is 24.3 Å². The first-order valence-corrected chi connectivity index (χ1v) is 3.48. The van der Waals surface area contributed by atoms with Gasteiger partial charge in [0.25, 0.3) is 0 Å². The summed E-state index contributed by atoms with van der Waals surface area (Å²) in [5, 5.41) is 19.2. The van der Waals surface area contributed by atoms with Gasteiger partial charge < -0.3 is 0 Å². The van der Waals surface area contributed by atoms with Crippen molar-refractivity contribution in [2.24, 2.45) is 0 Å². The second kappa shape index (κ2) is 4.00. The van der Waals surface area contributed by atoms with E-state index in [1.807, 2.05) is 18.3 Å². The second-order valence-electron chi connectivity index (χ2n) is 2.27. The van der Waals surface area contributed by atoms with E-state index in [9.17, 15) is 0 Å². The topological polar surface area (TPSA) is 59.6 Å². The number of anilines is 1. The highest BCUT2D eigenvalue weighted by Crippen LogP contribution is 2.08. The van der Waals surface area contributed by atoms with Crippen LogP contribution < -0.4 is 5.32 Å². The van der Waals surface area contributed by atoms with E-state index in [0.717, 1.165) is 11.3 Å². The van der Waals surface area contributed by atoms with Crippen LogP contribution in [0, 0.1) is 22.8 Å². The van der Waals surface area contributed by atoms with Gasteiger partial charge >= 0.3 is 0 Å². The SMILES string of the molecule is N#CCc1ccc(NC#N)cc1. The van der Waals surface area contributed by atoms with E-state index in [4.69, 9.17) is 10.5 Å². The molecule has 0 unspecified atom stereocenters. The first-order chi connectivity index (χ1) is 5.86. The van der Waals surface area contributed by atoms with Gasteiger partial charge in [0.2, 0.25) is 0 Å². The quantitative estimate of drug-likeness (QED) is 0.524. The Morgan fingerprint density at radius 1 is 1.17 bits per heavy atom. The summed E-state index contributed by atoms with van der Waals surface area (Å²) in [4.78, 5) is 0. The van der Waals surface area contributed by atoms with Crippen LogP contribution in [0.25, 0.3) is 0 Å². The van der Waals surface area contributed by atoms with E-state index in [2.05, 4.69) is 11.4 Å². The molecule has 1 rings (SSSR count). The van der Waals surface area contributed by atoms with Crippen molar-refractivity contribution in [1.29, 1.82) is 10.5 Å². The van der Waals surface area contributed by atoms with Crippen molar-refractivity contribution in [1.82, 2.24) is 0 Å². The lowest BCUT2D eigenvalue weighted by atomic mass is 10.1. The molecule has 58 valence electrons. The molecule has 1 N–H and O–H groups in total. The first kappa shape index (κ1) is 8.10. The Balaban J connectivity index is 2.74. The lowest BCUT2D eigenvalue weighted by Crippen LogP contribution is -1.87. The molecule has 0 amide bonds. The van der Waals surface area contributed by atoms with E-state index < -0.39 is 0 Å². The predicted molar refractivity (Wildman–Crippen MR) is 45.0 cm³/mol. The van der Waals surface area contributed by atoms with E-state index in [-0.39, 0.29) is 0 Å². The maximum absolute atomic E-state index is 8.37. The van der Waals surface area contributed by atoms with Gasteiger partial charge in [-0.2, -0.15) is 10.5 Å². The molecule has 0 radical (unpaired) electrons. The van der Waals surface area contributed by atoms with Crippen molar-refractivity contribution < 1.29 is 0 Å². The van der Waals surface area contributed by atoms with Crippen LogP contribution in [-0.2, 0) is 6.42 Å². The predicted octanol–water partition coefficient (Wildman–Crippen LogP) is 1.65. The summed E-state index contributed by atoms with van der Waals surface area (Å²) in [6, 6.07) is 9.24. The second-order valence-corrected chi connectivity index (χ2v) is 2.27. The third kappa shape index (κ3) is 2.00. The zero-order valence-corrected chi connectivity index (χ0v) is 6.41. The van der Waals surface area contributed by atoms with Crippen LogP contribution in [0.4, 0.5) is 5.69 Å². The third-order valence-corrected chi connectivity index (χ3v) is 1.44. The van der Waals surface area contributed by atoms with Gasteiger partial charge in [-0.25, -0.2) is 0 Å². The molecular formula is C9H7N3.